The molecule has 7 nitrogen and oxygen atoms in total. The molecular formula is C23H24FN3O4S. The van der Waals surface area contributed by atoms with Gasteiger partial charge in [-0.25, -0.2) is 12.8 Å². The van der Waals surface area contributed by atoms with Gasteiger partial charge in [0.15, 0.2) is 11.5 Å². The third-order valence-corrected chi connectivity index (χ3v) is 7.69. The highest BCUT2D eigenvalue weighted by Crippen LogP contribution is 2.26. The molecule has 1 aromatic heterocycles. The molecule has 1 atom stereocenters. The van der Waals surface area contributed by atoms with E-state index in [1.54, 1.807) is 19.1 Å². The summed E-state index contributed by atoms with van der Waals surface area (Å²) in [5, 5.41) is 6.42. The van der Waals surface area contributed by atoms with Crippen molar-refractivity contribution in [3.05, 3.63) is 65.6 Å². The highest BCUT2D eigenvalue weighted by Gasteiger charge is 2.30. The van der Waals surface area contributed by atoms with E-state index in [-0.39, 0.29) is 28.2 Å². The molecule has 1 N–H and O–H groups in total. The number of hydrogen-bond donors (Lipinski definition) is 1. The number of halogens is 1. The SMILES string of the molecule is Cc1ccc(-c2cc(C(=O)Nc3ccc(S(=O)(=O)N4CCCC[C@H]4C)cc3)no2)cc1F. The number of piperidine rings is 1. The summed E-state index contributed by atoms with van der Waals surface area (Å²) in [6, 6.07) is 12.1. The van der Waals surface area contributed by atoms with E-state index in [0.29, 0.717) is 23.4 Å². The summed E-state index contributed by atoms with van der Waals surface area (Å²) in [6.45, 7) is 4.09. The first-order valence-corrected chi connectivity index (χ1v) is 11.9. The Morgan fingerprint density at radius 2 is 1.91 bits per heavy atom. The molecule has 1 fully saturated rings. The van der Waals surface area contributed by atoms with Crippen LogP contribution in [-0.2, 0) is 10.0 Å². The fraction of sp³-hybridized carbons (Fsp3) is 0.304. The molecule has 1 aliphatic rings. The molecule has 9 heteroatoms. The summed E-state index contributed by atoms with van der Waals surface area (Å²) in [4.78, 5) is 12.7. The van der Waals surface area contributed by atoms with Crippen LogP contribution in [0.25, 0.3) is 11.3 Å². The third-order valence-electron chi connectivity index (χ3n) is 5.66. The maximum Gasteiger partial charge on any atom is 0.277 e. The van der Waals surface area contributed by atoms with E-state index in [4.69, 9.17) is 4.52 Å². The molecule has 2 heterocycles. The Hall–Kier alpha value is -3.04. The average Bonchev–Trinajstić information content (AvgIpc) is 3.27. The van der Waals surface area contributed by atoms with Gasteiger partial charge >= 0.3 is 0 Å². The number of carbonyl (C=O) groups is 1. The first-order chi connectivity index (χ1) is 15.3. The molecule has 0 aliphatic carbocycles. The summed E-state index contributed by atoms with van der Waals surface area (Å²) in [6.07, 6.45) is 2.73. The van der Waals surface area contributed by atoms with E-state index in [1.807, 2.05) is 6.92 Å². The van der Waals surface area contributed by atoms with Crippen LogP contribution in [-0.4, -0.2) is 36.4 Å². The molecule has 0 unspecified atom stereocenters. The molecule has 1 amide bonds. The number of benzene rings is 2. The molecular weight excluding hydrogens is 433 g/mol. The van der Waals surface area contributed by atoms with Crippen molar-refractivity contribution in [3.63, 3.8) is 0 Å². The largest absolute Gasteiger partial charge is 0.355 e. The molecule has 0 bridgehead atoms. The number of aryl methyl sites for hydroxylation is 1. The van der Waals surface area contributed by atoms with Crippen LogP contribution in [0.15, 0.2) is 57.9 Å². The second kappa shape index (κ2) is 8.84. The van der Waals surface area contributed by atoms with Gasteiger partial charge in [0.25, 0.3) is 5.91 Å². The van der Waals surface area contributed by atoms with Gasteiger partial charge in [0.1, 0.15) is 5.82 Å². The lowest BCUT2D eigenvalue weighted by atomic mass is 10.1. The van der Waals surface area contributed by atoms with Gasteiger partial charge in [-0.15, -0.1) is 0 Å². The zero-order chi connectivity index (χ0) is 22.9. The monoisotopic (exact) mass is 457 g/mol. The van der Waals surface area contributed by atoms with Gasteiger partial charge in [-0.3, -0.25) is 4.79 Å². The van der Waals surface area contributed by atoms with E-state index < -0.39 is 15.9 Å². The Morgan fingerprint density at radius 3 is 2.59 bits per heavy atom. The van der Waals surface area contributed by atoms with Crippen molar-refractivity contribution in [2.24, 2.45) is 0 Å². The van der Waals surface area contributed by atoms with Crippen molar-refractivity contribution >= 4 is 21.6 Å². The van der Waals surface area contributed by atoms with Crippen LogP contribution in [0.4, 0.5) is 10.1 Å². The van der Waals surface area contributed by atoms with Crippen LogP contribution in [0, 0.1) is 12.7 Å². The Morgan fingerprint density at radius 1 is 1.16 bits per heavy atom. The Balaban J connectivity index is 1.46. The molecule has 3 aromatic rings. The standard InChI is InChI=1S/C23H24FN3O4S/c1-15-6-7-17(13-20(15)24)22-14-21(26-31-22)23(28)25-18-8-10-19(11-9-18)32(29,30)27-12-4-3-5-16(27)2/h6-11,13-14,16H,3-5,12H2,1-2H3,(H,25,28)/t16-/m1/s1. The normalized spacial score (nSPS) is 17.3. The van der Waals surface area contributed by atoms with Crippen LogP contribution in [0.2, 0.25) is 0 Å². The lowest BCUT2D eigenvalue weighted by Crippen LogP contribution is -2.41. The van der Waals surface area contributed by atoms with Crippen LogP contribution in [0.3, 0.4) is 0 Å². The summed E-state index contributed by atoms with van der Waals surface area (Å²) in [5.74, 6) is -0.627. The maximum absolute atomic E-state index is 13.8. The molecule has 168 valence electrons. The zero-order valence-electron chi connectivity index (χ0n) is 17.8. The fourth-order valence-electron chi connectivity index (χ4n) is 3.73. The van der Waals surface area contributed by atoms with Gasteiger partial charge in [-0.2, -0.15) is 4.31 Å². The van der Waals surface area contributed by atoms with Crippen molar-refractivity contribution in [2.45, 2.75) is 44.0 Å². The van der Waals surface area contributed by atoms with Gasteiger partial charge < -0.3 is 9.84 Å². The number of carbonyl (C=O) groups excluding carboxylic acids is 1. The topological polar surface area (TPSA) is 92.5 Å². The van der Waals surface area contributed by atoms with E-state index in [1.165, 1.54) is 40.7 Å². The number of rotatable bonds is 5. The quantitative estimate of drug-likeness (QED) is 0.604. The van der Waals surface area contributed by atoms with Crippen LogP contribution in [0.1, 0.15) is 42.2 Å². The predicted octanol–water partition coefficient (Wildman–Crippen LogP) is 4.60. The predicted molar refractivity (Wildman–Crippen MR) is 118 cm³/mol. The molecule has 2 aromatic carbocycles. The first kappa shape index (κ1) is 22.2. The van der Waals surface area contributed by atoms with Gasteiger partial charge in [0, 0.05) is 29.9 Å². The Labute approximate surface area is 186 Å². The molecule has 0 saturated carbocycles. The summed E-state index contributed by atoms with van der Waals surface area (Å²) < 4.78 is 46.4. The minimum atomic E-state index is -3.58. The summed E-state index contributed by atoms with van der Waals surface area (Å²) in [7, 11) is -3.58. The van der Waals surface area contributed by atoms with Crippen LogP contribution < -0.4 is 5.32 Å². The van der Waals surface area contributed by atoms with E-state index >= 15 is 0 Å². The number of nitrogens with one attached hydrogen (secondary N) is 1. The highest BCUT2D eigenvalue weighted by molar-refractivity contribution is 7.89. The van der Waals surface area contributed by atoms with Gasteiger partial charge in [-0.1, -0.05) is 23.7 Å². The molecule has 0 radical (unpaired) electrons. The molecule has 32 heavy (non-hydrogen) atoms. The van der Waals surface area contributed by atoms with Gasteiger partial charge in [0.05, 0.1) is 4.90 Å². The second-order valence-corrected chi connectivity index (χ2v) is 9.87. The van der Waals surface area contributed by atoms with Crippen molar-refractivity contribution < 1.29 is 22.1 Å². The number of anilines is 1. The minimum absolute atomic E-state index is 0.0276. The number of nitrogens with zero attached hydrogens (tertiary/aromatic N) is 2. The number of amides is 1. The summed E-state index contributed by atoms with van der Waals surface area (Å²) >= 11 is 0. The smallest absolute Gasteiger partial charge is 0.277 e. The van der Waals surface area contributed by atoms with Crippen LogP contribution in [0.5, 0.6) is 0 Å². The Bertz CT molecular complexity index is 1240. The lowest BCUT2D eigenvalue weighted by Gasteiger charge is -2.32. The van der Waals surface area contributed by atoms with E-state index in [9.17, 15) is 17.6 Å². The lowest BCUT2D eigenvalue weighted by molar-refractivity contribution is 0.101. The van der Waals surface area contributed by atoms with Crippen molar-refractivity contribution in [1.29, 1.82) is 0 Å². The molecule has 1 aliphatic heterocycles. The molecule has 0 spiro atoms. The number of hydrogen-bond acceptors (Lipinski definition) is 5. The minimum Gasteiger partial charge on any atom is -0.355 e. The van der Waals surface area contributed by atoms with Gasteiger partial charge in [-0.05, 0) is 62.6 Å². The Kier molecular flexibility index (Phi) is 6.12. The van der Waals surface area contributed by atoms with E-state index in [2.05, 4.69) is 10.5 Å². The second-order valence-electron chi connectivity index (χ2n) is 7.98. The van der Waals surface area contributed by atoms with E-state index in [0.717, 1.165) is 19.3 Å². The zero-order valence-corrected chi connectivity index (χ0v) is 18.7. The van der Waals surface area contributed by atoms with Crippen molar-refractivity contribution in [3.8, 4) is 11.3 Å². The number of aromatic nitrogens is 1. The average molecular weight is 458 g/mol. The van der Waals surface area contributed by atoms with Gasteiger partial charge in [0.2, 0.25) is 10.0 Å². The number of sulfonamides is 1. The van der Waals surface area contributed by atoms with Crippen molar-refractivity contribution in [2.75, 3.05) is 11.9 Å². The third kappa shape index (κ3) is 4.44. The maximum atomic E-state index is 13.8. The van der Waals surface area contributed by atoms with Crippen molar-refractivity contribution in [1.82, 2.24) is 9.46 Å². The summed E-state index contributed by atoms with van der Waals surface area (Å²) in [5.41, 5.74) is 1.43. The molecule has 1 saturated heterocycles. The molecule has 4 rings (SSSR count). The first-order valence-electron chi connectivity index (χ1n) is 10.4. The fourth-order valence-corrected chi connectivity index (χ4v) is 5.43. The highest BCUT2D eigenvalue weighted by atomic mass is 32.2. The van der Waals surface area contributed by atoms with Crippen LogP contribution >= 0.6 is 0 Å².